The standard InChI is InChI=1S/C22H25FN4O3/c1-4-22(16-7-9-17(23)10-8-16)20(29)27(21(30)25-22)14-19(28)24-13-15-5-11-18(12-6-15)26(2)3/h5-12H,4,13-14H2,1-3H3,(H,24,28)(H,25,30)/t22-/m0/s1. The second-order valence-corrected chi connectivity index (χ2v) is 7.42. The fraction of sp³-hybridized carbons (Fsp3) is 0.318. The number of hydrogen-bond donors (Lipinski definition) is 2. The van der Waals surface area contributed by atoms with E-state index in [9.17, 15) is 18.8 Å². The normalized spacial score (nSPS) is 18.3. The summed E-state index contributed by atoms with van der Waals surface area (Å²) in [4.78, 5) is 40.7. The lowest BCUT2D eigenvalue weighted by Crippen LogP contribution is -2.44. The molecule has 1 heterocycles. The molecule has 1 saturated heterocycles. The van der Waals surface area contributed by atoms with Gasteiger partial charge in [0.1, 0.15) is 17.9 Å². The molecule has 2 aromatic carbocycles. The molecule has 2 aromatic rings. The second kappa shape index (κ2) is 8.52. The zero-order valence-electron chi connectivity index (χ0n) is 17.2. The molecule has 0 aromatic heterocycles. The van der Waals surface area contributed by atoms with Crippen LogP contribution in [0.4, 0.5) is 14.9 Å². The minimum absolute atomic E-state index is 0.277. The van der Waals surface area contributed by atoms with Crippen molar-refractivity contribution < 1.29 is 18.8 Å². The summed E-state index contributed by atoms with van der Waals surface area (Å²) in [6, 6.07) is 12.5. The van der Waals surface area contributed by atoms with Crippen LogP contribution in [0.15, 0.2) is 48.5 Å². The molecule has 0 unspecified atom stereocenters. The molecule has 3 rings (SSSR count). The molecule has 0 aliphatic carbocycles. The summed E-state index contributed by atoms with van der Waals surface area (Å²) in [5.41, 5.74) is 1.13. The van der Waals surface area contributed by atoms with Crippen molar-refractivity contribution in [3.05, 3.63) is 65.5 Å². The van der Waals surface area contributed by atoms with E-state index in [0.717, 1.165) is 16.2 Å². The number of halogens is 1. The summed E-state index contributed by atoms with van der Waals surface area (Å²) in [6.07, 6.45) is 0.277. The van der Waals surface area contributed by atoms with Crippen LogP contribution in [0.5, 0.6) is 0 Å². The Hall–Kier alpha value is -3.42. The molecule has 0 saturated carbocycles. The quantitative estimate of drug-likeness (QED) is 0.684. The summed E-state index contributed by atoms with van der Waals surface area (Å²) in [6.45, 7) is 1.65. The summed E-state index contributed by atoms with van der Waals surface area (Å²) in [5.74, 6) is -1.40. The number of nitrogens with zero attached hydrogens (tertiary/aromatic N) is 2. The van der Waals surface area contributed by atoms with Gasteiger partial charge < -0.3 is 15.5 Å². The molecule has 8 heteroatoms. The van der Waals surface area contributed by atoms with Gasteiger partial charge in [-0.25, -0.2) is 9.18 Å². The first-order valence-corrected chi connectivity index (χ1v) is 9.70. The monoisotopic (exact) mass is 412 g/mol. The minimum Gasteiger partial charge on any atom is -0.378 e. The first kappa shape index (κ1) is 21.3. The Bertz CT molecular complexity index is 944. The highest BCUT2D eigenvalue weighted by atomic mass is 19.1. The first-order chi connectivity index (χ1) is 14.3. The minimum atomic E-state index is -1.30. The maximum Gasteiger partial charge on any atom is 0.325 e. The highest BCUT2D eigenvalue weighted by molar-refractivity contribution is 6.09. The topological polar surface area (TPSA) is 81.8 Å². The molecule has 30 heavy (non-hydrogen) atoms. The van der Waals surface area contributed by atoms with Gasteiger partial charge in [-0.15, -0.1) is 0 Å². The highest BCUT2D eigenvalue weighted by Gasteiger charge is 2.51. The average molecular weight is 412 g/mol. The van der Waals surface area contributed by atoms with Crippen LogP contribution in [0.1, 0.15) is 24.5 Å². The molecule has 0 spiro atoms. The molecule has 1 fully saturated rings. The number of benzene rings is 2. The Balaban J connectivity index is 1.65. The van der Waals surface area contributed by atoms with Crippen molar-refractivity contribution in [1.29, 1.82) is 0 Å². The van der Waals surface area contributed by atoms with E-state index in [0.29, 0.717) is 5.56 Å². The average Bonchev–Trinajstić information content (AvgIpc) is 2.98. The summed E-state index contributed by atoms with van der Waals surface area (Å²) in [7, 11) is 3.88. The maximum absolute atomic E-state index is 13.3. The maximum atomic E-state index is 13.3. The third-order valence-corrected chi connectivity index (χ3v) is 5.29. The fourth-order valence-corrected chi connectivity index (χ4v) is 3.46. The van der Waals surface area contributed by atoms with Crippen molar-refractivity contribution in [3.8, 4) is 0 Å². The first-order valence-electron chi connectivity index (χ1n) is 9.70. The molecule has 0 radical (unpaired) electrons. The number of carbonyl (C=O) groups excluding carboxylic acids is 3. The Morgan fingerprint density at radius 2 is 1.73 bits per heavy atom. The summed E-state index contributed by atoms with van der Waals surface area (Å²) < 4.78 is 13.3. The van der Waals surface area contributed by atoms with Gasteiger partial charge in [-0.05, 0) is 41.8 Å². The third-order valence-electron chi connectivity index (χ3n) is 5.29. The number of amides is 4. The Kier molecular flexibility index (Phi) is 6.05. The van der Waals surface area contributed by atoms with E-state index in [2.05, 4.69) is 10.6 Å². The van der Waals surface area contributed by atoms with Gasteiger partial charge in [-0.3, -0.25) is 14.5 Å². The van der Waals surface area contributed by atoms with Crippen LogP contribution in [-0.2, 0) is 21.7 Å². The van der Waals surface area contributed by atoms with Crippen molar-refractivity contribution in [1.82, 2.24) is 15.5 Å². The molecule has 7 nitrogen and oxygen atoms in total. The number of carbonyl (C=O) groups is 3. The fourth-order valence-electron chi connectivity index (χ4n) is 3.46. The van der Waals surface area contributed by atoms with Gasteiger partial charge in [-0.2, -0.15) is 0 Å². The SMILES string of the molecule is CC[C@@]1(c2ccc(F)cc2)NC(=O)N(CC(=O)NCc2ccc(N(C)C)cc2)C1=O. The molecule has 1 aliphatic heterocycles. The molecule has 1 aliphatic rings. The van der Waals surface area contributed by atoms with E-state index in [1.54, 1.807) is 6.92 Å². The van der Waals surface area contributed by atoms with E-state index < -0.39 is 29.2 Å². The Morgan fingerprint density at radius 3 is 2.30 bits per heavy atom. The van der Waals surface area contributed by atoms with Crippen LogP contribution in [0.3, 0.4) is 0 Å². The van der Waals surface area contributed by atoms with Gasteiger partial charge in [0.05, 0.1) is 0 Å². The van der Waals surface area contributed by atoms with Crippen LogP contribution >= 0.6 is 0 Å². The zero-order valence-corrected chi connectivity index (χ0v) is 17.2. The third kappa shape index (κ3) is 4.12. The van der Waals surface area contributed by atoms with Crippen molar-refractivity contribution in [2.75, 3.05) is 25.5 Å². The predicted octanol–water partition coefficient (Wildman–Crippen LogP) is 2.37. The molecule has 4 amide bonds. The van der Waals surface area contributed by atoms with Crippen LogP contribution in [0.2, 0.25) is 0 Å². The van der Waals surface area contributed by atoms with Gasteiger partial charge in [0.15, 0.2) is 0 Å². The van der Waals surface area contributed by atoms with E-state index in [-0.39, 0.29) is 19.5 Å². The molecule has 158 valence electrons. The van der Waals surface area contributed by atoms with Crippen molar-refractivity contribution in [2.45, 2.75) is 25.4 Å². The lowest BCUT2D eigenvalue weighted by atomic mass is 9.87. The van der Waals surface area contributed by atoms with E-state index in [1.807, 2.05) is 43.3 Å². The van der Waals surface area contributed by atoms with E-state index in [4.69, 9.17) is 0 Å². The van der Waals surface area contributed by atoms with E-state index in [1.165, 1.54) is 24.3 Å². The van der Waals surface area contributed by atoms with Crippen molar-refractivity contribution in [2.24, 2.45) is 0 Å². The van der Waals surface area contributed by atoms with E-state index >= 15 is 0 Å². The second-order valence-electron chi connectivity index (χ2n) is 7.42. The molecule has 1 atom stereocenters. The van der Waals surface area contributed by atoms with Crippen molar-refractivity contribution >= 4 is 23.5 Å². The number of imide groups is 1. The van der Waals surface area contributed by atoms with Crippen LogP contribution in [0.25, 0.3) is 0 Å². The summed E-state index contributed by atoms with van der Waals surface area (Å²) >= 11 is 0. The molecule has 2 N–H and O–H groups in total. The smallest absolute Gasteiger partial charge is 0.325 e. The van der Waals surface area contributed by atoms with Gasteiger partial charge in [0.2, 0.25) is 5.91 Å². The molecular formula is C22H25FN4O3. The Labute approximate surface area is 174 Å². The van der Waals surface area contributed by atoms with Crippen LogP contribution in [-0.4, -0.2) is 43.4 Å². The number of urea groups is 1. The summed E-state index contributed by atoms with van der Waals surface area (Å²) in [5, 5.41) is 5.41. The van der Waals surface area contributed by atoms with Gasteiger partial charge in [0.25, 0.3) is 5.91 Å². The number of hydrogen-bond acceptors (Lipinski definition) is 4. The lowest BCUT2D eigenvalue weighted by Gasteiger charge is -2.25. The number of nitrogens with one attached hydrogen (secondary N) is 2. The van der Waals surface area contributed by atoms with Gasteiger partial charge in [0, 0.05) is 26.3 Å². The van der Waals surface area contributed by atoms with Crippen LogP contribution < -0.4 is 15.5 Å². The lowest BCUT2D eigenvalue weighted by molar-refractivity contribution is -0.135. The number of anilines is 1. The van der Waals surface area contributed by atoms with Gasteiger partial charge in [-0.1, -0.05) is 31.2 Å². The largest absolute Gasteiger partial charge is 0.378 e. The highest BCUT2D eigenvalue weighted by Crippen LogP contribution is 2.32. The van der Waals surface area contributed by atoms with Crippen molar-refractivity contribution in [3.63, 3.8) is 0 Å². The number of rotatable bonds is 7. The Morgan fingerprint density at radius 1 is 1.10 bits per heavy atom. The zero-order chi connectivity index (χ0) is 21.9. The predicted molar refractivity (Wildman–Crippen MR) is 111 cm³/mol. The molecular weight excluding hydrogens is 387 g/mol. The van der Waals surface area contributed by atoms with Crippen LogP contribution in [0, 0.1) is 5.82 Å². The van der Waals surface area contributed by atoms with Gasteiger partial charge >= 0.3 is 6.03 Å². The molecule has 0 bridgehead atoms.